The Bertz CT molecular complexity index is 312. The van der Waals surface area contributed by atoms with Crippen LogP contribution < -0.4 is 5.32 Å². The number of nitrogens with one attached hydrogen (secondary N) is 1. The molecule has 0 radical (unpaired) electrons. The van der Waals surface area contributed by atoms with Crippen LogP contribution in [-0.4, -0.2) is 79.9 Å². The van der Waals surface area contributed by atoms with E-state index in [0.717, 1.165) is 65.2 Å². The van der Waals surface area contributed by atoms with Crippen LogP contribution in [0.5, 0.6) is 0 Å². The van der Waals surface area contributed by atoms with Crippen LogP contribution in [0.25, 0.3) is 0 Å². The maximum atomic E-state index is 10.6. The van der Waals surface area contributed by atoms with Crippen molar-refractivity contribution >= 4 is 28.5 Å². The van der Waals surface area contributed by atoms with Gasteiger partial charge in [-0.3, -0.25) is 4.90 Å². The van der Waals surface area contributed by atoms with Gasteiger partial charge in [-0.2, -0.15) is 0 Å². The molecule has 0 aliphatic carbocycles. The van der Waals surface area contributed by atoms with E-state index in [1.54, 1.807) is 13.8 Å². The molecule has 24 heavy (non-hydrogen) atoms. The average molecular weight is 411 g/mol. The molecular weight excluding hydrogens is 376 g/mol. The SMILES string of the molecule is C.C1COCCN1.CC(C)(Br)C=O.CC(C)(C=O)N1CCOCC1. The van der Waals surface area contributed by atoms with Crippen LogP contribution in [0.4, 0.5) is 0 Å². The normalized spacial score (nSPS) is 18.7. The number of nitrogens with zero attached hydrogens (tertiary/aromatic N) is 1. The van der Waals surface area contributed by atoms with E-state index < -0.39 is 0 Å². The van der Waals surface area contributed by atoms with Gasteiger partial charge in [0, 0.05) is 26.2 Å². The molecule has 2 aliphatic heterocycles. The summed E-state index contributed by atoms with van der Waals surface area (Å²) < 4.78 is 9.86. The second-order valence-corrected chi connectivity index (χ2v) is 8.46. The van der Waals surface area contributed by atoms with Crippen molar-refractivity contribution in [2.75, 3.05) is 52.6 Å². The molecule has 0 atom stereocenters. The van der Waals surface area contributed by atoms with E-state index in [2.05, 4.69) is 26.1 Å². The summed E-state index contributed by atoms with van der Waals surface area (Å²) in [4.78, 5) is 22.6. The maximum Gasteiger partial charge on any atom is 0.139 e. The van der Waals surface area contributed by atoms with Gasteiger partial charge in [-0.15, -0.1) is 0 Å². The molecule has 0 amide bonds. The largest absolute Gasteiger partial charge is 0.379 e. The van der Waals surface area contributed by atoms with Crippen molar-refractivity contribution in [2.45, 2.75) is 45.0 Å². The maximum absolute atomic E-state index is 10.6. The van der Waals surface area contributed by atoms with Gasteiger partial charge in [-0.25, -0.2) is 0 Å². The number of morpholine rings is 2. The van der Waals surface area contributed by atoms with Crippen LogP contribution >= 0.6 is 15.9 Å². The van der Waals surface area contributed by atoms with Crippen molar-refractivity contribution < 1.29 is 19.1 Å². The standard InChI is InChI=1S/C8H15NO2.C4H7BrO.C4H9NO.CH4/c1-8(2,7-10)9-3-5-11-6-4-9;1-4(2,5)3-6;1-3-6-4-2-5-1;/h7H,3-6H2,1-2H3;3H,1-2H3;5H,1-4H2;1H4. The smallest absolute Gasteiger partial charge is 0.139 e. The van der Waals surface area contributed by atoms with Gasteiger partial charge in [-0.05, 0) is 27.7 Å². The second kappa shape index (κ2) is 13.9. The number of halogens is 1. The molecule has 2 fully saturated rings. The minimum absolute atomic E-state index is 0. The van der Waals surface area contributed by atoms with Crippen molar-refractivity contribution in [2.24, 2.45) is 0 Å². The van der Waals surface area contributed by atoms with Crippen LogP contribution in [-0.2, 0) is 19.1 Å². The molecule has 1 N–H and O–H groups in total. The van der Waals surface area contributed by atoms with Gasteiger partial charge in [0.2, 0.25) is 0 Å². The Hall–Kier alpha value is -0.340. The number of rotatable bonds is 3. The summed E-state index contributed by atoms with van der Waals surface area (Å²) in [7, 11) is 0. The number of carbonyl (C=O) groups excluding carboxylic acids is 2. The fourth-order valence-corrected chi connectivity index (χ4v) is 1.73. The van der Waals surface area contributed by atoms with Crippen LogP contribution in [0, 0.1) is 0 Å². The summed E-state index contributed by atoms with van der Waals surface area (Å²) in [6, 6.07) is 0. The number of aldehydes is 2. The molecule has 2 heterocycles. The minimum atomic E-state index is -0.326. The van der Waals surface area contributed by atoms with Crippen molar-refractivity contribution in [3.8, 4) is 0 Å². The van der Waals surface area contributed by atoms with Gasteiger partial charge in [-0.1, -0.05) is 23.4 Å². The molecule has 0 spiro atoms. The first-order chi connectivity index (χ1) is 10.7. The third-order valence-corrected chi connectivity index (χ3v) is 3.43. The van der Waals surface area contributed by atoms with Crippen LogP contribution in [0.2, 0.25) is 0 Å². The van der Waals surface area contributed by atoms with Crippen molar-refractivity contribution in [3.63, 3.8) is 0 Å². The fraction of sp³-hybridized carbons (Fsp3) is 0.882. The zero-order valence-corrected chi connectivity index (χ0v) is 16.4. The minimum Gasteiger partial charge on any atom is -0.379 e. The Labute approximate surface area is 155 Å². The molecular formula is C17H35BrN2O4. The molecule has 0 aromatic carbocycles. The van der Waals surface area contributed by atoms with Crippen molar-refractivity contribution in [1.82, 2.24) is 10.2 Å². The van der Waals surface area contributed by atoms with Gasteiger partial charge in [0.1, 0.15) is 12.6 Å². The number of hydrogen-bond donors (Lipinski definition) is 1. The van der Waals surface area contributed by atoms with Crippen LogP contribution in [0.1, 0.15) is 35.1 Å². The summed E-state index contributed by atoms with van der Waals surface area (Å²) in [5.41, 5.74) is -0.316. The Morgan fingerprint density at radius 1 is 0.917 bits per heavy atom. The lowest BCUT2D eigenvalue weighted by Crippen LogP contribution is -2.50. The number of ether oxygens (including phenoxy) is 2. The van der Waals surface area contributed by atoms with E-state index in [9.17, 15) is 9.59 Å². The predicted octanol–water partition coefficient (Wildman–Crippen LogP) is 1.90. The van der Waals surface area contributed by atoms with Gasteiger partial charge in [0.05, 0.1) is 36.3 Å². The van der Waals surface area contributed by atoms with E-state index in [1.807, 2.05) is 13.8 Å². The number of hydrogen-bond acceptors (Lipinski definition) is 6. The van der Waals surface area contributed by atoms with Gasteiger partial charge >= 0.3 is 0 Å². The summed E-state index contributed by atoms with van der Waals surface area (Å²) >= 11 is 3.11. The van der Waals surface area contributed by atoms with Crippen LogP contribution in [0.3, 0.4) is 0 Å². The quantitative estimate of drug-likeness (QED) is 0.565. The van der Waals surface area contributed by atoms with E-state index in [4.69, 9.17) is 9.47 Å². The summed E-state index contributed by atoms with van der Waals surface area (Å²) in [6.45, 7) is 14.5. The highest BCUT2D eigenvalue weighted by Gasteiger charge is 2.27. The summed E-state index contributed by atoms with van der Waals surface area (Å²) in [6.07, 6.45) is 1.85. The Balaban J connectivity index is 0. The molecule has 0 saturated carbocycles. The number of alkyl halides is 1. The first-order valence-electron chi connectivity index (χ1n) is 7.96. The molecule has 0 bridgehead atoms. The summed E-state index contributed by atoms with van der Waals surface area (Å²) in [5.74, 6) is 0. The lowest BCUT2D eigenvalue weighted by atomic mass is 10.1. The van der Waals surface area contributed by atoms with Crippen molar-refractivity contribution in [3.05, 3.63) is 0 Å². The first-order valence-corrected chi connectivity index (χ1v) is 8.75. The molecule has 2 aliphatic rings. The second-order valence-electron chi connectivity index (χ2n) is 6.42. The van der Waals surface area contributed by atoms with Crippen LogP contribution in [0.15, 0.2) is 0 Å². The lowest BCUT2D eigenvalue weighted by molar-refractivity contribution is -0.119. The molecule has 7 heteroatoms. The highest BCUT2D eigenvalue weighted by atomic mass is 79.9. The zero-order chi connectivity index (χ0) is 17.8. The highest BCUT2D eigenvalue weighted by molar-refractivity contribution is 9.10. The molecule has 0 aromatic heterocycles. The van der Waals surface area contributed by atoms with E-state index >= 15 is 0 Å². The predicted molar refractivity (Wildman–Crippen MR) is 102 cm³/mol. The zero-order valence-electron chi connectivity index (χ0n) is 14.8. The average Bonchev–Trinajstić information content (AvgIpc) is 2.58. The topological polar surface area (TPSA) is 67.9 Å². The van der Waals surface area contributed by atoms with Gasteiger partial charge in [0.25, 0.3) is 0 Å². The molecule has 0 unspecified atom stereocenters. The van der Waals surface area contributed by atoms with E-state index in [-0.39, 0.29) is 17.3 Å². The van der Waals surface area contributed by atoms with Crippen molar-refractivity contribution in [1.29, 1.82) is 0 Å². The number of carbonyl (C=O) groups is 2. The lowest BCUT2D eigenvalue weighted by Gasteiger charge is -2.36. The molecule has 6 nitrogen and oxygen atoms in total. The highest BCUT2D eigenvalue weighted by Crippen LogP contribution is 2.12. The Morgan fingerprint density at radius 2 is 1.33 bits per heavy atom. The third kappa shape index (κ3) is 14.0. The van der Waals surface area contributed by atoms with E-state index in [1.165, 1.54) is 0 Å². The molecule has 144 valence electrons. The van der Waals surface area contributed by atoms with Gasteiger partial charge < -0.3 is 24.4 Å². The van der Waals surface area contributed by atoms with Gasteiger partial charge in [0.15, 0.2) is 0 Å². The third-order valence-electron chi connectivity index (χ3n) is 3.24. The van der Waals surface area contributed by atoms with E-state index in [0.29, 0.717) is 0 Å². The molecule has 2 saturated heterocycles. The fourth-order valence-electron chi connectivity index (χ4n) is 1.73. The first kappa shape index (κ1) is 25.9. The molecule has 0 aromatic rings. The molecule has 2 rings (SSSR count). The Kier molecular flexibility index (Phi) is 15.0. The summed E-state index contributed by atoms with van der Waals surface area (Å²) in [5, 5.41) is 3.16. The monoisotopic (exact) mass is 410 g/mol. The Morgan fingerprint density at radius 3 is 1.58 bits per heavy atom.